The van der Waals surface area contributed by atoms with Gasteiger partial charge in [-0.25, -0.2) is 0 Å². The molecule has 1 aromatic heterocycles. The third-order valence-electron chi connectivity index (χ3n) is 3.40. The van der Waals surface area contributed by atoms with Crippen LogP contribution in [0.2, 0.25) is 0 Å². The van der Waals surface area contributed by atoms with Gasteiger partial charge in [0.05, 0.1) is 6.26 Å². The second-order valence-corrected chi connectivity index (χ2v) is 5.18. The van der Waals surface area contributed by atoms with Gasteiger partial charge in [-0.15, -0.1) is 0 Å². The topological polar surface area (TPSA) is 28.4 Å². The summed E-state index contributed by atoms with van der Waals surface area (Å²) in [6.45, 7) is 2.79. The highest BCUT2D eigenvalue weighted by Crippen LogP contribution is 2.18. The Hall–Kier alpha value is -1.03. The van der Waals surface area contributed by atoms with Crippen LogP contribution in [0.15, 0.2) is 16.7 Å². The van der Waals surface area contributed by atoms with Gasteiger partial charge in [0, 0.05) is 25.2 Å². The molecule has 94 valence electrons. The normalized spacial score (nSPS) is 16.1. The monoisotopic (exact) mass is 252 g/mol. The Morgan fingerprint density at radius 2 is 2.24 bits per heavy atom. The van der Waals surface area contributed by atoms with E-state index in [0.29, 0.717) is 6.04 Å². The summed E-state index contributed by atoms with van der Waals surface area (Å²) >= 11 is 5.41. The molecule has 0 radical (unpaired) electrons. The van der Waals surface area contributed by atoms with E-state index in [-0.39, 0.29) is 0 Å². The van der Waals surface area contributed by atoms with E-state index in [2.05, 4.69) is 10.2 Å². The van der Waals surface area contributed by atoms with Crippen LogP contribution in [0.5, 0.6) is 0 Å². The molecular weight excluding hydrogens is 232 g/mol. The van der Waals surface area contributed by atoms with Crippen LogP contribution in [0.4, 0.5) is 0 Å². The van der Waals surface area contributed by atoms with Crippen LogP contribution in [0, 0.1) is 6.92 Å². The predicted octanol–water partition coefficient (Wildman–Crippen LogP) is 2.84. The number of nitrogens with one attached hydrogen (secondary N) is 1. The quantitative estimate of drug-likeness (QED) is 0.837. The summed E-state index contributed by atoms with van der Waals surface area (Å²) < 4.78 is 5.29. The standard InChI is InChI=1S/C13H20N2OS/c1-10-11(7-8-16-10)9-15(2)13(17)14-12-5-3-4-6-12/h7-8,12H,3-6,9H2,1-2H3,(H,14,17). The number of rotatable bonds is 3. The van der Waals surface area contributed by atoms with Crippen LogP contribution < -0.4 is 5.32 Å². The summed E-state index contributed by atoms with van der Waals surface area (Å²) in [6.07, 6.45) is 6.87. The Balaban J connectivity index is 1.84. The maximum atomic E-state index is 5.41. The van der Waals surface area contributed by atoms with E-state index in [1.54, 1.807) is 6.26 Å². The predicted molar refractivity (Wildman–Crippen MR) is 72.9 cm³/mol. The molecule has 4 heteroatoms. The fourth-order valence-electron chi connectivity index (χ4n) is 2.26. The van der Waals surface area contributed by atoms with Crippen LogP contribution in [-0.4, -0.2) is 23.1 Å². The number of aryl methyl sites for hydroxylation is 1. The minimum absolute atomic E-state index is 0.579. The van der Waals surface area contributed by atoms with Gasteiger partial charge in [-0.05, 0) is 38.0 Å². The maximum absolute atomic E-state index is 5.41. The minimum Gasteiger partial charge on any atom is -0.469 e. The van der Waals surface area contributed by atoms with Crippen molar-refractivity contribution < 1.29 is 4.42 Å². The SMILES string of the molecule is Cc1occc1CN(C)C(=S)NC1CCCC1. The van der Waals surface area contributed by atoms with Gasteiger partial charge >= 0.3 is 0 Å². The Morgan fingerprint density at radius 1 is 1.53 bits per heavy atom. The molecule has 0 saturated heterocycles. The van der Waals surface area contributed by atoms with Gasteiger partial charge in [-0.3, -0.25) is 0 Å². The fraction of sp³-hybridized carbons (Fsp3) is 0.615. The molecule has 0 spiro atoms. The van der Waals surface area contributed by atoms with Gasteiger partial charge in [0.1, 0.15) is 5.76 Å². The van der Waals surface area contributed by atoms with Crippen molar-refractivity contribution in [2.45, 2.75) is 45.2 Å². The average Bonchev–Trinajstić information content (AvgIpc) is 2.91. The van der Waals surface area contributed by atoms with E-state index < -0.39 is 0 Å². The molecule has 1 aromatic rings. The van der Waals surface area contributed by atoms with Crippen LogP contribution in [0.1, 0.15) is 37.0 Å². The molecule has 1 N–H and O–H groups in total. The van der Waals surface area contributed by atoms with Crippen LogP contribution in [0.3, 0.4) is 0 Å². The molecule has 2 rings (SSSR count). The minimum atomic E-state index is 0.579. The van der Waals surface area contributed by atoms with E-state index in [9.17, 15) is 0 Å². The van der Waals surface area contributed by atoms with Gasteiger partial charge in [-0.1, -0.05) is 12.8 Å². The van der Waals surface area contributed by atoms with E-state index >= 15 is 0 Å². The highest BCUT2D eigenvalue weighted by Gasteiger charge is 2.17. The smallest absolute Gasteiger partial charge is 0.169 e. The fourth-order valence-corrected chi connectivity index (χ4v) is 2.49. The van der Waals surface area contributed by atoms with Crippen molar-refractivity contribution in [3.8, 4) is 0 Å². The van der Waals surface area contributed by atoms with Crippen LogP contribution >= 0.6 is 12.2 Å². The number of furan rings is 1. The van der Waals surface area contributed by atoms with E-state index in [1.807, 2.05) is 20.0 Å². The van der Waals surface area contributed by atoms with Crippen molar-refractivity contribution in [2.75, 3.05) is 7.05 Å². The summed E-state index contributed by atoms with van der Waals surface area (Å²) in [5.41, 5.74) is 1.20. The van der Waals surface area contributed by atoms with Gasteiger partial charge in [-0.2, -0.15) is 0 Å². The molecule has 1 fully saturated rings. The maximum Gasteiger partial charge on any atom is 0.169 e. The van der Waals surface area contributed by atoms with Gasteiger partial charge < -0.3 is 14.6 Å². The lowest BCUT2D eigenvalue weighted by atomic mass is 10.2. The Kier molecular flexibility index (Phi) is 4.05. The Labute approximate surface area is 108 Å². The first-order valence-corrected chi connectivity index (χ1v) is 6.62. The zero-order valence-electron chi connectivity index (χ0n) is 10.5. The highest BCUT2D eigenvalue weighted by atomic mass is 32.1. The van der Waals surface area contributed by atoms with Crippen molar-refractivity contribution in [3.63, 3.8) is 0 Å². The first-order chi connectivity index (χ1) is 8.16. The largest absolute Gasteiger partial charge is 0.469 e. The summed E-state index contributed by atoms with van der Waals surface area (Å²) in [4.78, 5) is 2.07. The lowest BCUT2D eigenvalue weighted by Crippen LogP contribution is -2.41. The van der Waals surface area contributed by atoms with Crippen molar-refractivity contribution in [1.82, 2.24) is 10.2 Å². The van der Waals surface area contributed by atoms with Crippen molar-refractivity contribution in [1.29, 1.82) is 0 Å². The summed E-state index contributed by atoms with van der Waals surface area (Å²) in [5, 5.41) is 4.28. The summed E-state index contributed by atoms with van der Waals surface area (Å²) in [6, 6.07) is 2.58. The molecule has 1 saturated carbocycles. The molecule has 0 bridgehead atoms. The summed E-state index contributed by atoms with van der Waals surface area (Å²) in [5.74, 6) is 0.973. The zero-order chi connectivity index (χ0) is 12.3. The van der Waals surface area contributed by atoms with E-state index in [4.69, 9.17) is 16.6 Å². The summed E-state index contributed by atoms with van der Waals surface area (Å²) in [7, 11) is 2.02. The molecule has 1 heterocycles. The van der Waals surface area contributed by atoms with Crippen molar-refractivity contribution >= 4 is 17.3 Å². The average molecular weight is 252 g/mol. The Bertz CT molecular complexity index is 383. The molecule has 0 aliphatic heterocycles. The third-order valence-corrected chi connectivity index (χ3v) is 3.83. The van der Waals surface area contributed by atoms with Crippen molar-refractivity contribution in [3.05, 3.63) is 23.7 Å². The molecule has 0 amide bonds. The Morgan fingerprint density at radius 3 is 2.82 bits per heavy atom. The molecular formula is C13H20N2OS. The molecule has 17 heavy (non-hydrogen) atoms. The molecule has 1 aliphatic rings. The van der Waals surface area contributed by atoms with Gasteiger partial charge in [0.15, 0.2) is 5.11 Å². The van der Waals surface area contributed by atoms with Crippen LogP contribution in [0.25, 0.3) is 0 Å². The molecule has 1 aliphatic carbocycles. The second-order valence-electron chi connectivity index (χ2n) is 4.79. The van der Waals surface area contributed by atoms with Gasteiger partial charge in [0.2, 0.25) is 0 Å². The number of hydrogen-bond acceptors (Lipinski definition) is 2. The number of thiocarbonyl (C=S) groups is 1. The number of nitrogens with zero attached hydrogens (tertiary/aromatic N) is 1. The lowest BCUT2D eigenvalue weighted by Gasteiger charge is -2.23. The van der Waals surface area contributed by atoms with Crippen molar-refractivity contribution in [2.24, 2.45) is 0 Å². The third kappa shape index (κ3) is 3.22. The second kappa shape index (κ2) is 5.54. The molecule has 0 atom stereocenters. The molecule has 0 aromatic carbocycles. The van der Waals surface area contributed by atoms with Gasteiger partial charge in [0.25, 0.3) is 0 Å². The highest BCUT2D eigenvalue weighted by molar-refractivity contribution is 7.80. The van der Waals surface area contributed by atoms with E-state index in [1.165, 1.54) is 31.2 Å². The van der Waals surface area contributed by atoms with Crippen LogP contribution in [-0.2, 0) is 6.54 Å². The zero-order valence-corrected chi connectivity index (χ0v) is 11.3. The lowest BCUT2D eigenvalue weighted by molar-refractivity contribution is 0.460. The number of hydrogen-bond donors (Lipinski definition) is 1. The van der Waals surface area contributed by atoms with E-state index in [0.717, 1.165) is 17.4 Å². The molecule has 0 unspecified atom stereocenters. The first kappa shape index (κ1) is 12.4. The first-order valence-electron chi connectivity index (χ1n) is 6.21. The molecule has 3 nitrogen and oxygen atoms in total.